The van der Waals surface area contributed by atoms with E-state index in [2.05, 4.69) is 25.4 Å². The second-order valence-electron chi connectivity index (χ2n) is 4.24. The molecule has 0 fully saturated rings. The first-order chi connectivity index (χ1) is 10.3. The van der Waals surface area contributed by atoms with E-state index in [4.69, 9.17) is 11.6 Å². The molecule has 1 N–H and O–H groups in total. The van der Waals surface area contributed by atoms with E-state index in [-0.39, 0.29) is 16.1 Å². The number of anilines is 1. The fourth-order valence-corrected chi connectivity index (χ4v) is 3.57. The lowest BCUT2D eigenvalue weighted by Crippen LogP contribution is -2.16. The zero-order chi connectivity index (χ0) is 16.3. The van der Waals surface area contributed by atoms with Crippen LogP contribution in [0.2, 0.25) is 5.02 Å². The first-order valence-corrected chi connectivity index (χ1v) is 8.65. The van der Waals surface area contributed by atoms with Crippen molar-refractivity contribution in [2.75, 3.05) is 11.8 Å². The van der Waals surface area contributed by atoms with E-state index in [0.29, 0.717) is 9.50 Å². The molecule has 0 atom stereocenters. The predicted octanol–water partition coefficient (Wildman–Crippen LogP) is 3.69. The molecule has 5 nitrogen and oxygen atoms in total. The van der Waals surface area contributed by atoms with E-state index in [1.165, 1.54) is 37.4 Å². The number of ether oxygens (including phenoxy) is 1. The van der Waals surface area contributed by atoms with Gasteiger partial charge in [-0.1, -0.05) is 33.6 Å². The summed E-state index contributed by atoms with van der Waals surface area (Å²) < 4.78 is 32.4. The third-order valence-electron chi connectivity index (χ3n) is 2.74. The molecule has 116 valence electrons. The molecule has 0 saturated heterocycles. The molecule has 0 spiro atoms. The standard InChI is InChI=1S/C14H11BrClNO4S/c1-21-14(18)12-6-5-10(16)8-13(12)17-22(19,20)11-4-2-3-9(15)7-11/h2-8,17H,1H3. The molecule has 0 bridgehead atoms. The second kappa shape index (κ2) is 6.68. The highest BCUT2D eigenvalue weighted by Gasteiger charge is 2.19. The summed E-state index contributed by atoms with van der Waals surface area (Å²) in [4.78, 5) is 11.8. The maximum Gasteiger partial charge on any atom is 0.339 e. The Morgan fingerprint density at radius 3 is 2.59 bits per heavy atom. The zero-order valence-corrected chi connectivity index (χ0v) is 14.5. The van der Waals surface area contributed by atoms with Crippen LogP contribution < -0.4 is 4.72 Å². The van der Waals surface area contributed by atoms with Crippen LogP contribution in [0.4, 0.5) is 5.69 Å². The molecule has 0 amide bonds. The van der Waals surface area contributed by atoms with Crippen LogP contribution in [-0.4, -0.2) is 21.5 Å². The highest BCUT2D eigenvalue weighted by molar-refractivity contribution is 9.10. The second-order valence-corrected chi connectivity index (χ2v) is 7.28. The van der Waals surface area contributed by atoms with Crippen LogP contribution in [0.15, 0.2) is 51.8 Å². The normalized spacial score (nSPS) is 11.0. The number of hydrogen-bond donors (Lipinski definition) is 1. The van der Waals surface area contributed by atoms with Crippen molar-refractivity contribution in [2.24, 2.45) is 0 Å². The summed E-state index contributed by atoms with van der Waals surface area (Å²) in [5.74, 6) is -0.663. The van der Waals surface area contributed by atoms with Gasteiger partial charge in [-0.2, -0.15) is 0 Å². The molecule has 0 aliphatic rings. The van der Waals surface area contributed by atoms with Crippen molar-refractivity contribution in [2.45, 2.75) is 4.90 Å². The Bertz CT molecular complexity index is 823. The van der Waals surface area contributed by atoms with Gasteiger partial charge in [0.05, 0.1) is 23.3 Å². The largest absolute Gasteiger partial charge is 0.465 e. The van der Waals surface area contributed by atoms with E-state index in [1.54, 1.807) is 12.1 Å². The zero-order valence-electron chi connectivity index (χ0n) is 11.3. The van der Waals surface area contributed by atoms with Gasteiger partial charge in [-0.25, -0.2) is 13.2 Å². The highest BCUT2D eigenvalue weighted by Crippen LogP contribution is 2.25. The summed E-state index contributed by atoms with van der Waals surface area (Å²) in [6, 6.07) is 10.4. The lowest BCUT2D eigenvalue weighted by molar-refractivity contribution is 0.0602. The third kappa shape index (κ3) is 3.79. The number of benzene rings is 2. The molecule has 0 unspecified atom stereocenters. The van der Waals surface area contributed by atoms with Gasteiger partial charge in [-0.15, -0.1) is 0 Å². The summed E-state index contributed by atoms with van der Waals surface area (Å²) in [6.45, 7) is 0. The van der Waals surface area contributed by atoms with Crippen molar-refractivity contribution in [1.29, 1.82) is 0 Å². The molecule has 2 rings (SSSR count). The first kappa shape index (κ1) is 16.8. The van der Waals surface area contributed by atoms with Crippen LogP contribution in [0.25, 0.3) is 0 Å². The summed E-state index contributed by atoms with van der Waals surface area (Å²) in [5, 5.41) is 0.291. The Kier molecular flexibility index (Phi) is 5.10. The van der Waals surface area contributed by atoms with Crippen LogP contribution in [-0.2, 0) is 14.8 Å². The highest BCUT2D eigenvalue weighted by atomic mass is 79.9. The average molecular weight is 405 g/mol. The van der Waals surface area contributed by atoms with Gasteiger partial charge < -0.3 is 4.74 Å². The molecule has 0 aliphatic heterocycles. The van der Waals surface area contributed by atoms with Gasteiger partial charge in [-0.05, 0) is 36.4 Å². The minimum absolute atomic E-state index is 0.0534. The van der Waals surface area contributed by atoms with E-state index >= 15 is 0 Å². The van der Waals surface area contributed by atoms with Gasteiger partial charge in [0.15, 0.2) is 0 Å². The number of methoxy groups -OCH3 is 1. The number of nitrogens with one attached hydrogen (secondary N) is 1. The Morgan fingerprint density at radius 2 is 1.95 bits per heavy atom. The van der Waals surface area contributed by atoms with Crippen LogP contribution >= 0.6 is 27.5 Å². The summed E-state index contributed by atoms with van der Waals surface area (Å²) in [5.41, 5.74) is 0.129. The Labute approximate surface area is 141 Å². The van der Waals surface area contributed by atoms with Gasteiger partial charge in [0, 0.05) is 9.50 Å². The van der Waals surface area contributed by atoms with Crippen molar-refractivity contribution in [3.63, 3.8) is 0 Å². The number of carbonyl (C=O) groups excluding carboxylic acids is 1. The van der Waals surface area contributed by atoms with E-state index in [1.807, 2.05) is 0 Å². The molecule has 2 aromatic rings. The fraction of sp³-hybridized carbons (Fsp3) is 0.0714. The summed E-state index contributed by atoms with van der Waals surface area (Å²) in [6.07, 6.45) is 0. The third-order valence-corrected chi connectivity index (χ3v) is 4.83. The Morgan fingerprint density at radius 1 is 1.23 bits per heavy atom. The molecular formula is C14H11BrClNO4S. The maximum absolute atomic E-state index is 12.4. The minimum Gasteiger partial charge on any atom is -0.465 e. The summed E-state index contributed by atoms with van der Waals surface area (Å²) in [7, 11) is -2.65. The molecular weight excluding hydrogens is 394 g/mol. The smallest absolute Gasteiger partial charge is 0.339 e. The summed E-state index contributed by atoms with van der Waals surface area (Å²) >= 11 is 9.08. The predicted molar refractivity (Wildman–Crippen MR) is 87.7 cm³/mol. The van der Waals surface area contributed by atoms with Crippen LogP contribution in [0.1, 0.15) is 10.4 Å². The minimum atomic E-state index is -3.86. The number of rotatable bonds is 4. The van der Waals surface area contributed by atoms with Gasteiger partial charge in [-0.3, -0.25) is 4.72 Å². The molecule has 0 aliphatic carbocycles. The van der Waals surface area contributed by atoms with E-state index in [9.17, 15) is 13.2 Å². The topological polar surface area (TPSA) is 72.5 Å². The molecule has 8 heteroatoms. The quantitative estimate of drug-likeness (QED) is 0.789. The number of carbonyl (C=O) groups is 1. The fourth-order valence-electron chi connectivity index (χ4n) is 1.73. The number of hydrogen-bond acceptors (Lipinski definition) is 4. The number of sulfonamides is 1. The van der Waals surface area contributed by atoms with Crippen LogP contribution in [0, 0.1) is 0 Å². The number of halogens is 2. The molecule has 0 aromatic heterocycles. The Balaban J connectivity index is 2.45. The number of esters is 1. The molecule has 2 aromatic carbocycles. The monoisotopic (exact) mass is 403 g/mol. The van der Waals surface area contributed by atoms with E-state index < -0.39 is 16.0 Å². The van der Waals surface area contributed by atoms with E-state index in [0.717, 1.165) is 0 Å². The van der Waals surface area contributed by atoms with Crippen molar-refractivity contribution >= 4 is 49.2 Å². The molecule has 22 heavy (non-hydrogen) atoms. The Hall–Kier alpha value is -1.57. The SMILES string of the molecule is COC(=O)c1ccc(Cl)cc1NS(=O)(=O)c1cccc(Br)c1. The van der Waals surface area contributed by atoms with Crippen molar-refractivity contribution in [1.82, 2.24) is 0 Å². The average Bonchev–Trinajstić information content (AvgIpc) is 2.46. The van der Waals surface area contributed by atoms with Gasteiger partial charge in [0.25, 0.3) is 10.0 Å². The first-order valence-electron chi connectivity index (χ1n) is 6.00. The van der Waals surface area contributed by atoms with Crippen molar-refractivity contribution in [3.05, 3.63) is 57.5 Å². The molecule has 0 saturated carbocycles. The van der Waals surface area contributed by atoms with Gasteiger partial charge in [0.1, 0.15) is 0 Å². The lowest BCUT2D eigenvalue weighted by atomic mass is 10.2. The lowest BCUT2D eigenvalue weighted by Gasteiger charge is -2.12. The van der Waals surface area contributed by atoms with Gasteiger partial charge in [0.2, 0.25) is 0 Å². The van der Waals surface area contributed by atoms with Crippen LogP contribution in [0.3, 0.4) is 0 Å². The molecule has 0 radical (unpaired) electrons. The maximum atomic E-state index is 12.4. The van der Waals surface area contributed by atoms with Crippen LogP contribution in [0.5, 0.6) is 0 Å². The van der Waals surface area contributed by atoms with Gasteiger partial charge >= 0.3 is 5.97 Å². The van der Waals surface area contributed by atoms with Crippen molar-refractivity contribution < 1.29 is 17.9 Å². The molecule has 0 heterocycles. The van der Waals surface area contributed by atoms with Crippen molar-refractivity contribution in [3.8, 4) is 0 Å².